The number of urea groups is 1. The molecule has 29 heavy (non-hydrogen) atoms. The van der Waals surface area contributed by atoms with Crippen LogP contribution in [0.25, 0.3) is 0 Å². The van der Waals surface area contributed by atoms with Crippen LogP contribution in [0.15, 0.2) is 9.98 Å². The van der Waals surface area contributed by atoms with Crippen molar-refractivity contribution < 1.29 is 24.1 Å². The van der Waals surface area contributed by atoms with Gasteiger partial charge in [0.1, 0.15) is 10.3 Å². The number of thioether (sulfide) groups is 1. The van der Waals surface area contributed by atoms with E-state index >= 15 is 0 Å². The topological polar surface area (TPSA) is 102 Å². The van der Waals surface area contributed by atoms with Crippen LogP contribution in [0.5, 0.6) is 0 Å². The number of carbonyl (C=O) groups excluding carboxylic acids is 2. The molecule has 9 heteroatoms. The molecular weight excluding hydrogens is 392 g/mol. The Morgan fingerprint density at radius 2 is 1.97 bits per heavy atom. The van der Waals surface area contributed by atoms with E-state index in [0.29, 0.717) is 23.1 Å². The van der Waals surface area contributed by atoms with Gasteiger partial charge in [0.25, 0.3) is 5.84 Å². The van der Waals surface area contributed by atoms with E-state index in [0.717, 1.165) is 55.2 Å². The van der Waals surface area contributed by atoms with Gasteiger partial charge >= 0.3 is 17.9 Å². The number of carboxylic acid groups (broad SMARTS) is 1. The summed E-state index contributed by atoms with van der Waals surface area (Å²) in [5, 5.41) is 9.46. The number of nitrogens with zero attached hydrogens (tertiary/aromatic N) is 4. The molecule has 0 aromatic rings. The van der Waals surface area contributed by atoms with E-state index in [9.17, 15) is 19.5 Å². The van der Waals surface area contributed by atoms with Crippen LogP contribution >= 0.6 is 11.8 Å². The molecule has 0 radical (unpaired) electrons. The molecule has 158 valence electrons. The summed E-state index contributed by atoms with van der Waals surface area (Å²) in [5.41, 5.74) is 0. The second-order valence-corrected chi connectivity index (χ2v) is 9.10. The third-order valence-corrected chi connectivity index (χ3v) is 7.07. The summed E-state index contributed by atoms with van der Waals surface area (Å²) < 4.78 is 1.39. The summed E-state index contributed by atoms with van der Waals surface area (Å²) in [6.45, 7) is 2.02. The highest BCUT2D eigenvalue weighted by Gasteiger charge is 2.50. The van der Waals surface area contributed by atoms with Crippen LogP contribution in [0, 0.1) is 11.8 Å². The second-order valence-electron chi connectivity index (χ2n) is 7.87. The van der Waals surface area contributed by atoms with Crippen LogP contribution in [0.2, 0.25) is 0 Å². The maximum Gasteiger partial charge on any atom is 0.445 e. The van der Waals surface area contributed by atoms with Gasteiger partial charge in [-0.2, -0.15) is 9.48 Å². The Morgan fingerprint density at radius 3 is 2.59 bits per heavy atom. The highest BCUT2D eigenvalue weighted by molar-refractivity contribution is 8.15. The van der Waals surface area contributed by atoms with Crippen molar-refractivity contribution in [3.05, 3.63) is 0 Å². The molecule has 0 bridgehead atoms. The molecule has 0 aromatic heterocycles. The van der Waals surface area contributed by atoms with E-state index < -0.39 is 29.1 Å². The molecule has 1 N–H and O–H groups in total. The number of rotatable bonds is 6. The molecule has 2 aliphatic heterocycles. The summed E-state index contributed by atoms with van der Waals surface area (Å²) in [5.74, 6) is -0.935. The van der Waals surface area contributed by atoms with Crippen LogP contribution in [0.3, 0.4) is 0 Å². The van der Waals surface area contributed by atoms with Gasteiger partial charge in [0.15, 0.2) is 5.92 Å². The van der Waals surface area contributed by atoms with Crippen molar-refractivity contribution in [3.63, 3.8) is 0 Å². The fourth-order valence-corrected chi connectivity index (χ4v) is 5.16. The Morgan fingerprint density at radius 1 is 1.28 bits per heavy atom. The van der Waals surface area contributed by atoms with Crippen molar-refractivity contribution in [2.45, 2.75) is 63.5 Å². The van der Waals surface area contributed by atoms with Crippen molar-refractivity contribution in [1.82, 2.24) is 4.90 Å². The predicted molar refractivity (Wildman–Crippen MR) is 113 cm³/mol. The number of hydrogen-bond acceptors (Lipinski definition) is 6. The quantitative estimate of drug-likeness (QED) is 0.664. The summed E-state index contributed by atoms with van der Waals surface area (Å²) >= 11 is 1.14. The number of fused-ring (bicyclic) bond motifs is 1. The fraction of sp³-hybridized carbons (Fsp3) is 0.700. The van der Waals surface area contributed by atoms with Crippen molar-refractivity contribution in [1.29, 1.82) is 0 Å². The number of carboxylic acids is 1. The van der Waals surface area contributed by atoms with Crippen molar-refractivity contribution >= 4 is 46.4 Å². The number of imide groups is 1. The maximum absolute atomic E-state index is 12.9. The number of aliphatic imine (C=N–C) groups is 2. The summed E-state index contributed by atoms with van der Waals surface area (Å²) in [6, 6.07) is -0.431. The standard InChI is InChI=1S/C20H28N4O4S/c1-4-5-11-13(19(26)27)29-17-14-16(23(2)20(28)24(3)18(14)25)21-15(22-17)12-9-7-6-8-10-12/h12-14H,4-11H2,1-3H3/p+1. The summed E-state index contributed by atoms with van der Waals surface area (Å²) in [6.07, 6.45) is 7.53. The van der Waals surface area contributed by atoms with Crippen LogP contribution in [0.1, 0.15) is 58.3 Å². The highest BCUT2D eigenvalue weighted by Crippen LogP contribution is 2.33. The lowest BCUT2D eigenvalue weighted by Gasteiger charge is -2.29. The smallest absolute Gasteiger partial charge is 0.445 e. The number of carbonyl (C=O) groups is 3. The molecule has 1 saturated carbocycles. The molecule has 1 aliphatic carbocycles. The fourth-order valence-electron chi connectivity index (χ4n) is 4.00. The monoisotopic (exact) mass is 421 g/mol. The van der Waals surface area contributed by atoms with Gasteiger partial charge in [0.05, 0.1) is 14.1 Å². The van der Waals surface area contributed by atoms with Gasteiger partial charge in [0.2, 0.25) is 5.84 Å². The van der Waals surface area contributed by atoms with Crippen molar-refractivity contribution in [2.75, 3.05) is 14.1 Å². The summed E-state index contributed by atoms with van der Waals surface area (Å²) in [7, 11) is 3.04. The molecule has 8 nitrogen and oxygen atoms in total. The van der Waals surface area contributed by atoms with E-state index in [1.165, 1.54) is 18.0 Å². The first-order valence-corrected chi connectivity index (χ1v) is 11.2. The van der Waals surface area contributed by atoms with E-state index in [1.807, 2.05) is 6.92 Å². The molecule has 1 fully saturated rings. The lowest BCUT2D eigenvalue weighted by Crippen LogP contribution is -2.55. The Bertz CT molecular complexity index is 798. The number of amides is 3. The molecule has 3 rings (SSSR count). The number of aliphatic carboxylic acids is 1. The average Bonchev–Trinajstić information content (AvgIpc) is 2.73. The van der Waals surface area contributed by atoms with Crippen LogP contribution in [-0.4, -0.2) is 68.5 Å². The molecule has 2 atom stereocenters. The third-order valence-electron chi connectivity index (χ3n) is 5.78. The largest absolute Gasteiger partial charge is 0.480 e. The molecule has 3 aliphatic rings. The van der Waals surface area contributed by atoms with Crippen LogP contribution in [0.4, 0.5) is 4.79 Å². The van der Waals surface area contributed by atoms with E-state index in [1.54, 1.807) is 7.05 Å². The predicted octanol–water partition coefficient (Wildman–Crippen LogP) is 3.00. The minimum atomic E-state index is -0.907. The Kier molecular flexibility index (Phi) is 6.87. The van der Waals surface area contributed by atoms with Gasteiger partial charge in [-0.05, 0) is 19.3 Å². The molecular formula is C20H29N4O4S+. The molecule has 2 heterocycles. The Labute approximate surface area is 175 Å². The molecule has 0 saturated heterocycles. The molecule has 2 unspecified atom stereocenters. The van der Waals surface area contributed by atoms with Gasteiger partial charge in [-0.1, -0.05) is 55.8 Å². The van der Waals surface area contributed by atoms with Gasteiger partial charge in [-0.15, -0.1) is 0 Å². The van der Waals surface area contributed by atoms with Crippen LogP contribution in [-0.2, 0) is 9.59 Å². The average molecular weight is 422 g/mol. The molecule has 3 amide bonds. The van der Waals surface area contributed by atoms with Crippen LogP contribution < -0.4 is 0 Å². The lowest BCUT2D eigenvalue weighted by atomic mass is 9.88. The minimum Gasteiger partial charge on any atom is -0.480 e. The van der Waals surface area contributed by atoms with E-state index in [4.69, 9.17) is 4.99 Å². The Hall–Kier alpha value is -2.03. The second kappa shape index (κ2) is 9.19. The van der Waals surface area contributed by atoms with Crippen molar-refractivity contribution in [2.24, 2.45) is 21.8 Å². The molecule has 0 spiro atoms. The zero-order chi connectivity index (χ0) is 21.1. The minimum absolute atomic E-state index is 0.185. The SMILES string of the molecule is CCCCC(SC1=NC(C2CCCCC2)=NC2=[N+](C)C(=O)N(C)C(=O)C12)C(=O)O. The highest BCUT2D eigenvalue weighted by atomic mass is 32.2. The normalized spacial score (nSPS) is 24.2. The van der Waals surface area contributed by atoms with Gasteiger partial charge in [0, 0.05) is 5.92 Å². The third kappa shape index (κ3) is 4.44. The lowest BCUT2D eigenvalue weighted by molar-refractivity contribution is -0.407. The van der Waals surface area contributed by atoms with Gasteiger partial charge in [-0.3, -0.25) is 9.59 Å². The van der Waals surface area contributed by atoms with E-state index in [2.05, 4.69) is 4.99 Å². The number of amidine groups is 2. The number of unbranched alkanes of at least 4 members (excludes halogenated alkanes) is 1. The first kappa shape index (κ1) is 21.7. The summed E-state index contributed by atoms with van der Waals surface area (Å²) in [4.78, 5) is 47.6. The zero-order valence-corrected chi connectivity index (χ0v) is 18.1. The zero-order valence-electron chi connectivity index (χ0n) is 17.3. The molecule has 0 aromatic carbocycles. The Balaban J connectivity index is 2.01. The van der Waals surface area contributed by atoms with Gasteiger partial charge < -0.3 is 5.11 Å². The first-order chi connectivity index (χ1) is 13.8. The van der Waals surface area contributed by atoms with Gasteiger partial charge in [-0.25, -0.2) is 9.79 Å². The van der Waals surface area contributed by atoms with E-state index in [-0.39, 0.29) is 5.92 Å². The van der Waals surface area contributed by atoms with Crippen molar-refractivity contribution in [3.8, 4) is 0 Å². The first-order valence-electron chi connectivity index (χ1n) is 10.3. The maximum atomic E-state index is 12.9. The number of hydrogen-bond donors (Lipinski definition) is 1.